The van der Waals surface area contributed by atoms with Gasteiger partial charge < -0.3 is 9.47 Å². The van der Waals surface area contributed by atoms with Crippen molar-refractivity contribution in [2.75, 3.05) is 27.3 Å². The second kappa shape index (κ2) is 5.81. The third-order valence-corrected chi connectivity index (χ3v) is 4.76. The maximum atomic E-state index is 5.34. The molecule has 21 heavy (non-hydrogen) atoms. The van der Waals surface area contributed by atoms with Gasteiger partial charge in [0, 0.05) is 44.0 Å². The number of methoxy groups -OCH3 is 2. The first-order valence-electron chi connectivity index (χ1n) is 7.69. The predicted molar refractivity (Wildman–Crippen MR) is 81.8 cm³/mol. The van der Waals surface area contributed by atoms with Gasteiger partial charge in [0.1, 0.15) is 0 Å². The molecule has 1 aromatic heterocycles. The van der Waals surface area contributed by atoms with Crippen molar-refractivity contribution < 1.29 is 9.47 Å². The monoisotopic (exact) mass is 291 g/mol. The number of nitrogens with zero attached hydrogens (tertiary/aromatic N) is 3. The fraction of sp³-hybridized carbons (Fsp3) is 0.688. The van der Waals surface area contributed by atoms with Crippen molar-refractivity contribution >= 4 is 0 Å². The van der Waals surface area contributed by atoms with Gasteiger partial charge in [0.05, 0.1) is 14.2 Å². The van der Waals surface area contributed by atoms with Crippen molar-refractivity contribution in [3.63, 3.8) is 0 Å². The number of rotatable bonds is 5. The lowest BCUT2D eigenvalue weighted by atomic mass is 9.86. The summed E-state index contributed by atoms with van der Waals surface area (Å²) in [6.07, 6.45) is 3.24. The number of aromatic nitrogens is 1. The highest BCUT2D eigenvalue weighted by Crippen LogP contribution is 2.35. The van der Waals surface area contributed by atoms with E-state index in [4.69, 9.17) is 9.47 Å². The third-order valence-electron chi connectivity index (χ3n) is 4.76. The van der Waals surface area contributed by atoms with Crippen LogP contribution in [0.2, 0.25) is 0 Å². The highest BCUT2D eigenvalue weighted by Gasteiger charge is 2.44. The Bertz CT molecular complexity index is 494. The second-order valence-electron chi connectivity index (χ2n) is 6.32. The summed E-state index contributed by atoms with van der Waals surface area (Å²) in [5.74, 6) is 1.26. The largest absolute Gasteiger partial charge is 0.491 e. The minimum absolute atomic E-state index is 0.552. The van der Waals surface area contributed by atoms with Crippen LogP contribution in [0.5, 0.6) is 11.6 Å². The number of hydrogen-bond acceptors (Lipinski definition) is 5. The average molecular weight is 291 g/mol. The van der Waals surface area contributed by atoms with E-state index in [1.807, 2.05) is 12.3 Å². The van der Waals surface area contributed by atoms with Gasteiger partial charge in [-0.15, -0.1) is 0 Å². The van der Waals surface area contributed by atoms with Gasteiger partial charge in [0.25, 0.3) is 5.88 Å². The van der Waals surface area contributed by atoms with Crippen molar-refractivity contribution in [2.45, 2.75) is 44.9 Å². The van der Waals surface area contributed by atoms with Gasteiger partial charge in [-0.05, 0) is 31.9 Å². The lowest BCUT2D eigenvalue weighted by molar-refractivity contribution is -0.0835. The second-order valence-corrected chi connectivity index (χ2v) is 6.32. The zero-order valence-electron chi connectivity index (χ0n) is 13.4. The summed E-state index contributed by atoms with van der Waals surface area (Å²) in [6.45, 7) is 7.90. The SMILES string of the molecule is COc1cc(CN2C3CC2CN(C(C)C)C3)cnc1OC. The Hall–Kier alpha value is -1.33. The number of hydrogen-bond donors (Lipinski definition) is 0. The summed E-state index contributed by atoms with van der Waals surface area (Å²) in [5.41, 5.74) is 1.19. The fourth-order valence-corrected chi connectivity index (χ4v) is 3.47. The third kappa shape index (κ3) is 2.72. The zero-order chi connectivity index (χ0) is 15.0. The van der Waals surface area contributed by atoms with Gasteiger partial charge in [-0.3, -0.25) is 9.80 Å². The minimum atomic E-state index is 0.552. The lowest BCUT2D eigenvalue weighted by Gasteiger charge is -2.57. The van der Waals surface area contributed by atoms with E-state index in [0.29, 0.717) is 29.8 Å². The summed E-state index contributed by atoms with van der Waals surface area (Å²) >= 11 is 0. The molecule has 5 nitrogen and oxygen atoms in total. The van der Waals surface area contributed by atoms with E-state index in [1.54, 1.807) is 14.2 Å². The van der Waals surface area contributed by atoms with Crippen LogP contribution in [0.1, 0.15) is 25.8 Å². The molecule has 2 unspecified atom stereocenters. The number of likely N-dealkylation sites (tertiary alicyclic amines) is 2. The standard InChI is InChI=1S/C16H25N3O2/c1-11(2)18-9-13-6-14(10-18)19(13)8-12-5-15(20-3)16(21-4)17-7-12/h5,7,11,13-14H,6,8-10H2,1-4H3. The number of piperazine rings is 1. The van der Waals surface area contributed by atoms with Gasteiger partial charge in [0.15, 0.2) is 5.75 Å². The first kappa shape index (κ1) is 14.6. The van der Waals surface area contributed by atoms with Crippen LogP contribution in [-0.2, 0) is 6.54 Å². The van der Waals surface area contributed by atoms with Crippen molar-refractivity contribution in [3.8, 4) is 11.6 Å². The summed E-state index contributed by atoms with van der Waals surface area (Å²) < 4.78 is 10.5. The van der Waals surface area contributed by atoms with Crippen molar-refractivity contribution in [2.24, 2.45) is 0 Å². The maximum absolute atomic E-state index is 5.34. The van der Waals surface area contributed by atoms with E-state index >= 15 is 0 Å². The summed E-state index contributed by atoms with van der Waals surface area (Å²) in [5, 5.41) is 0. The lowest BCUT2D eigenvalue weighted by Crippen LogP contribution is -2.68. The number of ether oxygens (including phenoxy) is 2. The van der Waals surface area contributed by atoms with Crippen LogP contribution in [0.25, 0.3) is 0 Å². The van der Waals surface area contributed by atoms with Gasteiger partial charge in [0.2, 0.25) is 0 Å². The number of fused-ring (bicyclic) bond motifs is 2. The molecule has 2 atom stereocenters. The molecule has 3 heterocycles. The van der Waals surface area contributed by atoms with Gasteiger partial charge in [-0.25, -0.2) is 4.98 Å². The number of piperidine rings is 1. The molecule has 2 fully saturated rings. The van der Waals surface area contributed by atoms with E-state index in [1.165, 1.54) is 25.1 Å². The Kier molecular flexibility index (Phi) is 4.04. The molecule has 2 bridgehead atoms. The van der Waals surface area contributed by atoms with Crippen molar-refractivity contribution in [3.05, 3.63) is 17.8 Å². The Morgan fingerprint density at radius 2 is 1.95 bits per heavy atom. The Morgan fingerprint density at radius 3 is 2.52 bits per heavy atom. The van der Waals surface area contributed by atoms with Crippen LogP contribution in [-0.4, -0.2) is 60.2 Å². The summed E-state index contributed by atoms with van der Waals surface area (Å²) in [6, 6.07) is 4.08. The maximum Gasteiger partial charge on any atom is 0.256 e. The van der Waals surface area contributed by atoms with Crippen molar-refractivity contribution in [1.29, 1.82) is 0 Å². The fourth-order valence-electron chi connectivity index (χ4n) is 3.47. The first-order valence-corrected chi connectivity index (χ1v) is 7.69. The van der Waals surface area contributed by atoms with Crippen LogP contribution in [0.15, 0.2) is 12.3 Å². The van der Waals surface area contributed by atoms with Crippen LogP contribution in [0, 0.1) is 0 Å². The van der Waals surface area contributed by atoms with E-state index < -0.39 is 0 Å². The first-order chi connectivity index (χ1) is 10.1. The minimum Gasteiger partial charge on any atom is -0.491 e. The molecule has 0 aliphatic carbocycles. The van der Waals surface area contributed by atoms with E-state index in [0.717, 1.165) is 6.54 Å². The Balaban J connectivity index is 1.66. The van der Waals surface area contributed by atoms with E-state index in [2.05, 4.69) is 28.6 Å². The molecule has 0 spiro atoms. The Morgan fingerprint density at radius 1 is 1.24 bits per heavy atom. The summed E-state index contributed by atoms with van der Waals surface area (Å²) in [4.78, 5) is 9.52. The molecular weight excluding hydrogens is 266 g/mol. The molecule has 0 radical (unpaired) electrons. The molecule has 1 aromatic rings. The highest BCUT2D eigenvalue weighted by atomic mass is 16.5. The van der Waals surface area contributed by atoms with Crippen molar-refractivity contribution in [1.82, 2.24) is 14.8 Å². The zero-order valence-corrected chi connectivity index (χ0v) is 13.4. The Labute approximate surface area is 126 Å². The topological polar surface area (TPSA) is 37.8 Å². The number of pyridine rings is 1. The highest BCUT2D eigenvalue weighted by molar-refractivity contribution is 5.36. The average Bonchev–Trinajstić information content (AvgIpc) is 2.52. The molecule has 116 valence electrons. The molecule has 2 aliphatic heterocycles. The molecule has 2 aliphatic rings. The molecule has 0 N–H and O–H groups in total. The van der Waals surface area contributed by atoms with E-state index in [-0.39, 0.29) is 0 Å². The normalized spacial score (nSPS) is 25.8. The molecule has 0 amide bonds. The van der Waals surface area contributed by atoms with Gasteiger partial charge >= 0.3 is 0 Å². The molecule has 0 aromatic carbocycles. The molecule has 0 saturated carbocycles. The van der Waals surface area contributed by atoms with E-state index in [9.17, 15) is 0 Å². The van der Waals surface area contributed by atoms with Crippen LogP contribution < -0.4 is 9.47 Å². The van der Waals surface area contributed by atoms with Crippen LogP contribution >= 0.6 is 0 Å². The molecule has 5 heteroatoms. The molecular formula is C16H25N3O2. The van der Waals surface area contributed by atoms with Gasteiger partial charge in [-0.2, -0.15) is 0 Å². The molecule has 3 rings (SSSR count). The van der Waals surface area contributed by atoms with Crippen LogP contribution in [0.4, 0.5) is 0 Å². The van der Waals surface area contributed by atoms with Crippen LogP contribution in [0.3, 0.4) is 0 Å². The molecule has 2 saturated heterocycles. The predicted octanol–water partition coefficient (Wildman–Crippen LogP) is 1.77. The van der Waals surface area contributed by atoms with Gasteiger partial charge in [-0.1, -0.05) is 0 Å². The quantitative estimate of drug-likeness (QED) is 0.826. The smallest absolute Gasteiger partial charge is 0.256 e. The summed E-state index contributed by atoms with van der Waals surface area (Å²) in [7, 11) is 3.27.